The molecule has 0 bridgehead atoms. The van der Waals surface area contributed by atoms with Crippen molar-refractivity contribution in [2.75, 3.05) is 26.7 Å². The Labute approximate surface area is 108 Å². The van der Waals surface area contributed by atoms with Crippen molar-refractivity contribution in [1.29, 1.82) is 0 Å². The average molecular weight is 278 g/mol. The fourth-order valence-electron chi connectivity index (χ4n) is 2.15. The Bertz CT molecular complexity index is 375. The van der Waals surface area contributed by atoms with Crippen molar-refractivity contribution in [2.45, 2.75) is 31.4 Å². The molecule has 1 aliphatic rings. The molecule has 106 valence electrons. The number of nitrogens with one attached hydrogen (secondary N) is 1. The van der Waals surface area contributed by atoms with Gasteiger partial charge in [0.05, 0.1) is 0 Å². The number of carbonyl (C=O) groups is 1. The van der Waals surface area contributed by atoms with Gasteiger partial charge >= 0.3 is 5.97 Å². The first-order valence-electron chi connectivity index (χ1n) is 6.26. The van der Waals surface area contributed by atoms with E-state index in [1.54, 1.807) is 0 Å². The summed E-state index contributed by atoms with van der Waals surface area (Å²) in [5, 5.41) is 10.5. The smallest absolute Gasteiger partial charge is 0.323 e. The molecule has 2 N–H and O–H groups in total. The van der Waals surface area contributed by atoms with Gasteiger partial charge in [-0.25, -0.2) is 12.7 Å². The number of hydrogen-bond acceptors (Lipinski definition) is 4. The van der Waals surface area contributed by atoms with Crippen molar-refractivity contribution in [3.05, 3.63) is 0 Å². The molecule has 0 spiro atoms. The molecule has 6 nitrogen and oxygen atoms in total. The summed E-state index contributed by atoms with van der Waals surface area (Å²) >= 11 is 0. The second-order valence-electron chi connectivity index (χ2n) is 4.76. The van der Waals surface area contributed by atoms with Crippen LogP contribution in [0.15, 0.2) is 0 Å². The maximum absolute atomic E-state index is 12.0. The zero-order chi connectivity index (χ0) is 13.8. The largest absolute Gasteiger partial charge is 0.480 e. The van der Waals surface area contributed by atoms with E-state index in [-0.39, 0.29) is 0 Å². The molecule has 7 heteroatoms. The highest BCUT2D eigenvalue weighted by Crippen LogP contribution is 2.23. The minimum absolute atomic E-state index is 0.439. The van der Waals surface area contributed by atoms with Crippen LogP contribution in [0.5, 0.6) is 0 Å². The molecule has 1 aliphatic heterocycles. The molecule has 0 aliphatic carbocycles. The van der Waals surface area contributed by atoms with Gasteiger partial charge in [-0.05, 0) is 45.7 Å². The van der Waals surface area contributed by atoms with Crippen LogP contribution in [0.3, 0.4) is 0 Å². The van der Waals surface area contributed by atoms with Crippen LogP contribution in [0.25, 0.3) is 0 Å². The van der Waals surface area contributed by atoms with Gasteiger partial charge < -0.3 is 10.4 Å². The van der Waals surface area contributed by atoms with Crippen LogP contribution in [-0.4, -0.2) is 55.7 Å². The third kappa shape index (κ3) is 3.66. The fraction of sp³-hybridized carbons (Fsp3) is 0.909. The van der Waals surface area contributed by atoms with Gasteiger partial charge in [0.2, 0.25) is 10.0 Å². The molecule has 0 aromatic heterocycles. The maximum Gasteiger partial charge on any atom is 0.323 e. The van der Waals surface area contributed by atoms with Gasteiger partial charge in [0.1, 0.15) is 0 Å². The van der Waals surface area contributed by atoms with Crippen molar-refractivity contribution >= 4 is 16.0 Å². The van der Waals surface area contributed by atoms with Crippen molar-refractivity contribution in [3.63, 3.8) is 0 Å². The highest BCUT2D eigenvalue weighted by molar-refractivity contribution is 7.90. The Hall–Kier alpha value is -0.660. The van der Waals surface area contributed by atoms with Crippen molar-refractivity contribution in [1.82, 2.24) is 9.62 Å². The Balaban J connectivity index is 2.54. The molecule has 1 unspecified atom stereocenters. The monoisotopic (exact) mass is 278 g/mol. The van der Waals surface area contributed by atoms with Gasteiger partial charge in [-0.3, -0.25) is 4.79 Å². The number of carboxylic acid groups (broad SMARTS) is 1. The zero-order valence-corrected chi connectivity index (χ0v) is 11.7. The Morgan fingerprint density at radius 2 is 2.00 bits per heavy atom. The average Bonchev–Trinajstić information content (AvgIpc) is 2.35. The van der Waals surface area contributed by atoms with E-state index in [0.717, 1.165) is 25.8 Å². The molecule has 1 saturated heterocycles. The summed E-state index contributed by atoms with van der Waals surface area (Å²) < 4.78 is 25.3. The highest BCUT2D eigenvalue weighted by atomic mass is 32.2. The lowest BCUT2D eigenvalue weighted by molar-refractivity contribution is -0.136. The molecular formula is C11H22N2O4S. The van der Waals surface area contributed by atoms with Gasteiger partial charge in [0, 0.05) is 13.1 Å². The summed E-state index contributed by atoms with van der Waals surface area (Å²) in [6, 6.07) is 0. The predicted octanol–water partition coefficient (Wildman–Crippen LogP) is 0.111. The van der Waals surface area contributed by atoms with Crippen molar-refractivity contribution in [3.8, 4) is 0 Å². The number of rotatable bonds is 6. The number of aliphatic carboxylic acids is 1. The number of carboxylic acids is 1. The molecule has 0 amide bonds. The summed E-state index contributed by atoms with van der Waals surface area (Å²) in [6.07, 6.45) is 2.67. The lowest BCUT2D eigenvalue weighted by atomic mass is 9.95. The summed E-state index contributed by atoms with van der Waals surface area (Å²) in [7, 11) is -1.79. The zero-order valence-electron chi connectivity index (χ0n) is 10.9. The van der Waals surface area contributed by atoms with E-state index in [0.29, 0.717) is 19.0 Å². The molecule has 0 saturated carbocycles. The first-order valence-corrected chi connectivity index (χ1v) is 7.76. The van der Waals surface area contributed by atoms with Gasteiger partial charge in [0.25, 0.3) is 0 Å². The number of hydrogen-bond donors (Lipinski definition) is 2. The molecule has 0 aromatic rings. The Morgan fingerprint density at radius 1 is 1.44 bits per heavy atom. The van der Waals surface area contributed by atoms with Gasteiger partial charge in [-0.15, -0.1) is 0 Å². The van der Waals surface area contributed by atoms with Gasteiger partial charge in [0.15, 0.2) is 5.25 Å². The molecule has 0 aromatic carbocycles. The molecule has 18 heavy (non-hydrogen) atoms. The minimum atomic E-state index is -3.69. The summed E-state index contributed by atoms with van der Waals surface area (Å²) in [5.74, 6) is -0.753. The van der Waals surface area contributed by atoms with E-state index >= 15 is 0 Å². The Kier molecular flexibility index (Phi) is 5.55. The Morgan fingerprint density at radius 3 is 2.44 bits per heavy atom. The van der Waals surface area contributed by atoms with Crippen LogP contribution in [0.2, 0.25) is 0 Å². The summed E-state index contributed by atoms with van der Waals surface area (Å²) in [5.41, 5.74) is 0. The molecule has 1 fully saturated rings. The number of piperidine rings is 1. The standard InChI is InChI=1S/C11H22N2O4S/c1-9(11(14)15)18(16,17)13-7-4-10(5-8-13)3-6-12-2/h9-10,12H,3-8H2,1-2H3,(H,14,15). The molecule has 1 atom stereocenters. The van der Waals surface area contributed by atoms with Crippen molar-refractivity contribution in [2.24, 2.45) is 5.92 Å². The highest BCUT2D eigenvalue weighted by Gasteiger charge is 2.35. The van der Waals surface area contributed by atoms with Crippen LogP contribution >= 0.6 is 0 Å². The van der Waals surface area contributed by atoms with E-state index in [2.05, 4.69) is 5.32 Å². The summed E-state index contributed by atoms with van der Waals surface area (Å²) in [6.45, 7) is 3.04. The lowest BCUT2D eigenvalue weighted by Crippen LogP contribution is -2.45. The van der Waals surface area contributed by atoms with E-state index in [1.807, 2.05) is 7.05 Å². The van der Waals surface area contributed by atoms with Crippen LogP contribution in [0, 0.1) is 5.92 Å². The first kappa shape index (κ1) is 15.4. The fourth-order valence-corrected chi connectivity index (χ4v) is 3.57. The second-order valence-corrected chi connectivity index (χ2v) is 7.01. The quantitative estimate of drug-likeness (QED) is 0.720. The van der Waals surface area contributed by atoms with Crippen LogP contribution in [0.1, 0.15) is 26.2 Å². The van der Waals surface area contributed by atoms with E-state index < -0.39 is 21.2 Å². The normalized spacial score (nSPS) is 20.8. The third-order valence-corrected chi connectivity index (χ3v) is 5.71. The number of sulfonamides is 1. The van der Waals surface area contributed by atoms with E-state index in [9.17, 15) is 13.2 Å². The van der Waals surface area contributed by atoms with E-state index in [4.69, 9.17) is 5.11 Å². The number of nitrogens with zero attached hydrogens (tertiary/aromatic N) is 1. The van der Waals surface area contributed by atoms with Crippen LogP contribution in [-0.2, 0) is 14.8 Å². The van der Waals surface area contributed by atoms with Gasteiger partial charge in [-0.1, -0.05) is 0 Å². The van der Waals surface area contributed by atoms with Crippen LogP contribution < -0.4 is 5.32 Å². The molecular weight excluding hydrogens is 256 g/mol. The second kappa shape index (κ2) is 6.49. The van der Waals surface area contributed by atoms with Gasteiger partial charge in [-0.2, -0.15) is 0 Å². The topological polar surface area (TPSA) is 86.7 Å². The van der Waals surface area contributed by atoms with E-state index in [1.165, 1.54) is 11.2 Å². The maximum atomic E-state index is 12.0. The first-order chi connectivity index (χ1) is 8.39. The summed E-state index contributed by atoms with van der Waals surface area (Å²) in [4.78, 5) is 10.8. The lowest BCUT2D eigenvalue weighted by Gasteiger charge is -2.32. The predicted molar refractivity (Wildman–Crippen MR) is 68.9 cm³/mol. The minimum Gasteiger partial charge on any atom is -0.480 e. The molecule has 1 rings (SSSR count). The SMILES string of the molecule is CNCCC1CCN(S(=O)(=O)C(C)C(=O)O)CC1. The van der Waals surface area contributed by atoms with Crippen LogP contribution in [0.4, 0.5) is 0 Å². The molecule has 0 radical (unpaired) electrons. The molecule has 1 heterocycles. The van der Waals surface area contributed by atoms with Crippen molar-refractivity contribution < 1.29 is 18.3 Å². The third-order valence-electron chi connectivity index (χ3n) is 3.53.